The van der Waals surface area contributed by atoms with Gasteiger partial charge in [0.05, 0.1) is 11.4 Å². The van der Waals surface area contributed by atoms with Crippen LogP contribution in [0.15, 0.2) is 83.9 Å². The number of hydrogen-bond donors (Lipinski definition) is 1. The molecule has 1 atom stereocenters. The van der Waals surface area contributed by atoms with Gasteiger partial charge in [-0.1, -0.05) is 66.2 Å². The van der Waals surface area contributed by atoms with E-state index in [0.29, 0.717) is 5.02 Å². The number of hydrogen-bond acceptors (Lipinski definition) is 2. The summed E-state index contributed by atoms with van der Waals surface area (Å²) >= 11 is 6.06. The van der Waals surface area contributed by atoms with Gasteiger partial charge in [0.15, 0.2) is 0 Å². The van der Waals surface area contributed by atoms with Crippen LogP contribution < -0.4 is 5.32 Å². The third kappa shape index (κ3) is 3.06. The third-order valence-corrected chi connectivity index (χ3v) is 4.43. The van der Waals surface area contributed by atoms with Crippen molar-refractivity contribution in [3.8, 4) is 0 Å². The molecule has 3 nitrogen and oxygen atoms in total. The highest BCUT2D eigenvalue weighted by atomic mass is 35.5. The van der Waals surface area contributed by atoms with Gasteiger partial charge in [0.25, 0.3) is 0 Å². The quantitative estimate of drug-likeness (QED) is 0.651. The van der Waals surface area contributed by atoms with E-state index in [-0.39, 0.29) is 5.91 Å². The Hall–Kier alpha value is -2.91. The first-order valence-corrected chi connectivity index (χ1v) is 8.39. The van der Waals surface area contributed by atoms with Gasteiger partial charge in [0.2, 0.25) is 5.91 Å². The maximum absolute atomic E-state index is 12.7. The zero-order valence-corrected chi connectivity index (χ0v) is 14.1. The Morgan fingerprint density at radius 3 is 2.32 bits per heavy atom. The number of para-hydroxylation sites is 1. The van der Waals surface area contributed by atoms with Crippen molar-refractivity contribution >= 4 is 34.6 Å². The standard InChI is InChI=1S/C21H15ClN2O/c22-15-11-12-17-18(13-15)24-21(25)19(17)20(14-7-3-1-4-8-14)23-16-9-5-2-6-10-16/h1-13,19H,(H,24,25). The topological polar surface area (TPSA) is 41.5 Å². The van der Waals surface area contributed by atoms with Crippen LogP contribution >= 0.6 is 11.6 Å². The maximum atomic E-state index is 12.7. The average molecular weight is 347 g/mol. The van der Waals surface area contributed by atoms with Gasteiger partial charge in [-0.15, -0.1) is 0 Å². The van der Waals surface area contributed by atoms with Crippen molar-refractivity contribution in [2.75, 3.05) is 5.32 Å². The summed E-state index contributed by atoms with van der Waals surface area (Å²) in [5, 5.41) is 3.52. The highest BCUT2D eigenvalue weighted by Crippen LogP contribution is 2.37. The molecule has 1 N–H and O–H groups in total. The van der Waals surface area contributed by atoms with Crippen LogP contribution in [0.3, 0.4) is 0 Å². The first kappa shape index (κ1) is 15.6. The Labute approximate surface area is 151 Å². The molecule has 4 heteroatoms. The van der Waals surface area contributed by atoms with Crippen molar-refractivity contribution in [3.63, 3.8) is 0 Å². The number of aliphatic imine (C=N–C) groups is 1. The number of nitrogens with zero attached hydrogens (tertiary/aromatic N) is 1. The van der Waals surface area contributed by atoms with Crippen molar-refractivity contribution in [2.24, 2.45) is 4.99 Å². The van der Waals surface area contributed by atoms with Crippen LogP contribution in [0.2, 0.25) is 5.02 Å². The lowest BCUT2D eigenvalue weighted by atomic mass is 9.90. The molecule has 0 aromatic heterocycles. The fraction of sp³-hybridized carbons (Fsp3) is 0.0476. The van der Waals surface area contributed by atoms with Crippen LogP contribution in [-0.2, 0) is 4.79 Å². The lowest BCUT2D eigenvalue weighted by molar-refractivity contribution is -0.115. The molecular weight excluding hydrogens is 332 g/mol. The lowest BCUT2D eigenvalue weighted by Crippen LogP contribution is -2.21. The second-order valence-corrected chi connectivity index (χ2v) is 6.29. The number of carbonyl (C=O) groups is 1. The molecule has 4 rings (SSSR count). The Bertz CT molecular complexity index is 952. The molecule has 1 aliphatic heterocycles. The van der Waals surface area contributed by atoms with Crippen LogP contribution in [-0.4, -0.2) is 11.6 Å². The summed E-state index contributed by atoms with van der Waals surface area (Å²) in [5.41, 5.74) is 4.11. The van der Waals surface area contributed by atoms with Crippen LogP contribution in [0.5, 0.6) is 0 Å². The molecule has 1 heterocycles. The van der Waals surface area contributed by atoms with Crippen molar-refractivity contribution < 1.29 is 4.79 Å². The number of benzene rings is 3. The smallest absolute Gasteiger partial charge is 0.238 e. The van der Waals surface area contributed by atoms with Gasteiger partial charge >= 0.3 is 0 Å². The van der Waals surface area contributed by atoms with Gasteiger partial charge in [0, 0.05) is 10.7 Å². The minimum Gasteiger partial charge on any atom is -0.325 e. The number of carbonyl (C=O) groups excluding carboxylic acids is 1. The molecule has 0 bridgehead atoms. The summed E-state index contributed by atoms with van der Waals surface area (Å²) in [4.78, 5) is 17.5. The monoisotopic (exact) mass is 346 g/mol. The van der Waals surface area contributed by atoms with E-state index in [1.165, 1.54) is 0 Å². The van der Waals surface area contributed by atoms with Gasteiger partial charge < -0.3 is 5.32 Å². The van der Waals surface area contributed by atoms with Crippen LogP contribution in [0.1, 0.15) is 17.0 Å². The molecule has 1 aliphatic rings. The summed E-state index contributed by atoms with van der Waals surface area (Å²) in [7, 11) is 0. The Morgan fingerprint density at radius 2 is 1.60 bits per heavy atom. The van der Waals surface area contributed by atoms with E-state index < -0.39 is 5.92 Å². The number of halogens is 1. The van der Waals surface area contributed by atoms with E-state index >= 15 is 0 Å². The van der Waals surface area contributed by atoms with Gasteiger partial charge in [-0.25, -0.2) is 0 Å². The molecule has 0 spiro atoms. The van der Waals surface area contributed by atoms with Crippen molar-refractivity contribution in [2.45, 2.75) is 5.92 Å². The predicted octanol–water partition coefficient (Wildman–Crippen LogP) is 5.20. The van der Waals surface area contributed by atoms with Crippen molar-refractivity contribution in [1.29, 1.82) is 0 Å². The van der Waals surface area contributed by atoms with Gasteiger partial charge in [-0.2, -0.15) is 0 Å². The fourth-order valence-corrected chi connectivity index (χ4v) is 3.22. The van der Waals surface area contributed by atoms with Crippen LogP contribution in [0.25, 0.3) is 0 Å². The summed E-state index contributed by atoms with van der Waals surface area (Å²) < 4.78 is 0. The highest BCUT2D eigenvalue weighted by Gasteiger charge is 2.35. The van der Waals surface area contributed by atoms with E-state index in [9.17, 15) is 4.79 Å². The maximum Gasteiger partial charge on any atom is 0.238 e. The van der Waals surface area contributed by atoms with E-state index in [1.54, 1.807) is 12.1 Å². The van der Waals surface area contributed by atoms with Gasteiger partial charge in [0.1, 0.15) is 5.92 Å². The molecule has 3 aromatic carbocycles. The highest BCUT2D eigenvalue weighted by molar-refractivity contribution is 6.31. The number of anilines is 1. The molecular formula is C21H15ClN2O. The molecule has 0 radical (unpaired) electrons. The normalized spacial score (nSPS) is 16.4. The van der Waals surface area contributed by atoms with Crippen molar-refractivity contribution in [3.05, 3.63) is 95.0 Å². The minimum absolute atomic E-state index is 0.0872. The zero-order chi connectivity index (χ0) is 17.2. The largest absolute Gasteiger partial charge is 0.325 e. The molecule has 0 fully saturated rings. The van der Waals surface area contributed by atoms with E-state index in [2.05, 4.69) is 5.32 Å². The van der Waals surface area contributed by atoms with E-state index in [4.69, 9.17) is 16.6 Å². The molecule has 0 saturated carbocycles. The minimum atomic E-state index is -0.463. The lowest BCUT2D eigenvalue weighted by Gasteiger charge is -2.14. The number of nitrogens with one attached hydrogen (secondary N) is 1. The van der Waals surface area contributed by atoms with Gasteiger partial charge in [-0.05, 0) is 35.4 Å². The fourth-order valence-electron chi connectivity index (χ4n) is 3.05. The predicted molar refractivity (Wildman–Crippen MR) is 102 cm³/mol. The second kappa shape index (κ2) is 6.54. The molecule has 0 aliphatic carbocycles. The number of rotatable bonds is 3. The summed E-state index contributed by atoms with van der Waals surface area (Å²) in [6.07, 6.45) is 0. The molecule has 122 valence electrons. The van der Waals surface area contributed by atoms with Gasteiger partial charge in [-0.3, -0.25) is 9.79 Å². The second-order valence-electron chi connectivity index (χ2n) is 5.85. The zero-order valence-electron chi connectivity index (χ0n) is 13.3. The Balaban J connectivity index is 1.88. The molecule has 1 amide bonds. The Kier molecular flexibility index (Phi) is 4.08. The molecule has 3 aromatic rings. The Morgan fingerprint density at radius 1 is 0.920 bits per heavy atom. The van der Waals surface area contributed by atoms with Crippen LogP contribution in [0, 0.1) is 0 Å². The number of amides is 1. The SMILES string of the molecule is O=C1Nc2cc(Cl)ccc2C1C(=Nc1ccccc1)c1ccccc1. The third-order valence-electron chi connectivity index (χ3n) is 4.20. The van der Waals surface area contributed by atoms with Crippen molar-refractivity contribution in [1.82, 2.24) is 0 Å². The summed E-state index contributed by atoms with van der Waals surface area (Å²) in [6.45, 7) is 0. The van der Waals surface area contributed by atoms with E-state index in [1.807, 2.05) is 66.7 Å². The van der Waals surface area contributed by atoms with Crippen LogP contribution in [0.4, 0.5) is 11.4 Å². The average Bonchev–Trinajstić information content (AvgIpc) is 2.96. The first-order chi connectivity index (χ1) is 12.2. The summed E-state index contributed by atoms with van der Waals surface area (Å²) in [5.74, 6) is -0.550. The first-order valence-electron chi connectivity index (χ1n) is 8.02. The summed E-state index contributed by atoms with van der Waals surface area (Å²) in [6, 6.07) is 24.9. The van der Waals surface area contributed by atoms with E-state index in [0.717, 1.165) is 28.2 Å². The molecule has 25 heavy (non-hydrogen) atoms. The number of fused-ring (bicyclic) bond motifs is 1. The molecule has 0 saturated heterocycles. The molecule has 1 unspecified atom stereocenters.